The lowest BCUT2D eigenvalue weighted by atomic mass is 10.1. The normalized spacial score (nSPS) is 14.5. The van der Waals surface area contributed by atoms with Crippen LogP contribution in [-0.2, 0) is 62.6 Å². The van der Waals surface area contributed by atoms with Gasteiger partial charge in [0.05, 0.1) is 45.5 Å². The maximum atomic E-state index is 12.3. The van der Waals surface area contributed by atoms with Crippen LogP contribution in [-0.4, -0.2) is 60.9 Å². The summed E-state index contributed by atoms with van der Waals surface area (Å²) >= 11 is 0. The van der Waals surface area contributed by atoms with Gasteiger partial charge in [0.15, 0.2) is 0 Å². The van der Waals surface area contributed by atoms with E-state index in [0.29, 0.717) is 0 Å². The van der Waals surface area contributed by atoms with Crippen LogP contribution in [0.3, 0.4) is 0 Å². The molecule has 39 heavy (non-hydrogen) atoms. The minimum Gasteiger partial charge on any atom is -0.374 e. The summed E-state index contributed by atoms with van der Waals surface area (Å²) in [5, 5.41) is 0. The first-order valence-corrected chi connectivity index (χ1v) is 15.9. The summed E-state index contributed by atoms with van der Waals surface area (Å²) in [6, 6.07) is 27.9. The lowest BCUT2D eigenvalue weighted by Crippen LogP contribution is -2.48. The third kappa shape index (κ3) is 12.4. The molecule has 0 spiro atoms. The average Bonchev–Trinajstić information content (AvgIpc) is 2.90. The molecular formula is C28H34O9S2. The van der Waals surface area contributed by atoms with Crippen molar-refractivity contribution in [2.75, 3.05) is 25.7 Å². The van der Waals surface area contributed by atoms with Crippen LogP contribution in [0.25, 0.3) is 0 Å². The standard InChI is InChI=1S/C28H34O9S2/c1-38(29,30)36-22-26(34-19-24-14-8-4-9-15-24)28(35-20-25-16-10-5-11-17-25)27(37-39(2,31)32)21-33-18-23-12-6-3-7-13-23/h3-17,26-28H,18-22H2,1-2H3/t26-,27+,28+/m1/s1. The van der Waals surface area contributed by atoms with Crippen molar-refractivity contribution in [1.82, 2.24) is 0 Å². The second-order valence-electron chi connectivity index (χ2n) is 8.92. The highest BCUT2D eigenvalue weighted by atomic mass is 32.2. The number of benzene rings is 3. The lowest BCUT2D eigenvalue weighted by molar-refractivity contribution is -0.147. The van der Waals surface area contributed by atoms with Crippen LogP contribution in [0.5, 0.6) is 0 Å². The van der Waals surface area contributed by atoms with E-state index in [-0.39, 0.29) is 26.4 Å². The molecule has 0 aliphatic rings. The molecule has 3 rings (SSSR count). The fourth-order valence-electron chi connectivity index (χ4n) is 3.70. The van der Waals surface area contributed by atoms with Crippen molar-refractivity contribution in [2.24, 2.45) is 0 Å². The molecule has 0 aromatic heterocycles. The average molecular weight is 579 g/mol. The molecule has 0 aliphatic heterocycles. The first kappa shape index (κ1) is 30.9. The summed E-state index contributed by atoms with van der Waals surface area (Å²) in [5.74, 6) is 0. The van der Waals surface area contributed by atoms with Gasteiger partial charge < -0.3 is 14.2 Å². The Labute approximate surface area is 230 Å². The first-order chi connectivity index (χ1) is 18.6. The topological polar surface area (TPSA) is 114 Å². The molecule has 0 saturated carbocycles. The molecule has 3 aromatic carbocycles. The van der Waals surface area contributed by atoms with E-state index >= 15 is 0 Å². The Morgan fingerprint density at radius 3 is 1.49 bits per heavy atom. The van der Waals surface area contributed by atoms with Gasteiger partial charge in [0.1, 0.15) is 18.3 Å². The molecule has 3 atom stereocenters. The van der Waals surface area contributed by atoms with Crippen LogP contribution < -0.4 is 0 Å². The molecule has 0 unspecified atom stereocenters. The Bertz CT molecular complexity index is 1320. The SMILES string of the molecule is CS(=O)(=O)OC[C@@H](OCc1ccccc1)[C@H](OCc1ccccc1)[C@H](COCc1ccccc1)OS(C)(=O)=O. The minimum absolute atomic E-state index is 0.0812. The fourth-order valence-corrected chi connectivity index (χ4v) is 4.69. The summed E-state index contributed by atoms with van der Waals surface area (Å²) in [7, 11) is -7.81. The van der Waals surface area contributed by atoms with Gasteiger partial charge in [0.2, 0.25) is 0 Å². The van der Waals surface area contributed by atoms with Gasteiger partial charge >= 0.3 is 0 Å². The summed E-state index contributed by atoms with van der Waals surface area (Å²) in [6.45, 7) is -0.220. The second kappa shape index (κ2) is 15.2. The van der Waals surface area contributed by atoms with E-state index in [9.17, 15) is 16.8 Å². The summed E-state index contributed by atoms with van der Waals surface area (Å²) < 4.78 is 76.9. The van der Waals surface area contributed by atoms with E-state index in [0.717, 1.165) is 29.2 Å². The Morgan fingerprint density at radius 2 is 1.03 bits per heavy atom. The summed E-state index contributed by atoms with van der Waals surface area (Å²) in [4.78, 5) is 0. The molecule has 0 fully saturated rings. The maximum Gasteiger partial charge on any atom is 0.264 e. The minimum atomic E-state index is -3.96. The van der Waals surface area contributed by atoms with Crippen molar-refractivity contribution in [2.45, 2.75) is 38.1 Å². The third-order valence-electron chi connectivity index (χ3n) is 5.46. The van der Waals surface area contributed by atoms with Crippen molar-refractivity contribution in [3.63, 3.8) is 0 Å². The fraction of sp³-hybridized carbons (Fsp3) is 0.357. The predicted molar refractivity (Wildman–Crippen MR) is 147 cm³/mol. The zero-order valence-electron chi connectivity index (χ0n) is 21.9. The highest BCUT2D eigenvalue weighted by Crippen LogP contribution is 2.20. The molecular weight excluding hydrogens is 544 g/mol. The van der Waals surface area contributed by atoms with E-state index in [1.807, 2.05) is 91.0 Å². The third-order valence-corrected chi connectivity index (χ3v) is 6.62. The van der Waals surface area contributed by atoms with E-state index in [4.69, 9.17) is 22.6 Å². The van der Waals surface area contributed by atoms with Gasteiger partial charge in [-0.05, 0) is 16.7 Å². The van der Waals surface area contributed by atoms with Gasteiger partial charge in [-0.25, -0.2) is 0 Å². The Kier molecular flexibility index (Phi) is 12.1. The maximum absolute atomic E-state index is 12.3. The molecule has 0 heterocycles. The predicted octanol–water partition coefficient (Wildman–Crippen LogP) is 3.70. The molecule has 0 N–H and O–H groups in total. The molecule has 0 bridgehead atoms. The molecule has 0 radical (unpaired) electrons. The Balaban J connectivity index is 1.89. The smallest absolute Gasteiger partial charge is 0.264 e. The Morgan fingerprint density at radius 1 is 0.564 bits per heavy atom. The first-order valence-electron chi connectivity index (χ1n) is 12.2. The van der Waals surface area contributed by atoms with Gasteiger partial charge in [0, 0.05) is 0 Å². The van der Waals surface area contributed by atoms with Crippen LogP contribution in [0.1, 0.15) is 16.7 Å². The summed E-state index contributed by atoms with van der Waals surface area (Å²) in [6.07, 6.45) is -1.43. The van der Waals surface area contributed by atoms with Crippen LogP contribution in [0.15, 0.2) is 91.0 Å². The van der Waals surface area contributed by atoms with Crippen LogP contribution in [0.2, 0.25) is 0 Å². The van der Waals surface area contributed by atoms with Crippen LogP contribution >= 0.6 is 0 Å². The highest BCUT2D eigenvalue weighted by Gasteiger charge is 2.36. The van der Waals surface area contributed by atoms with Crippen molar-refractivity contribution < 1.29 is 39.4 Å². The largest absolute Gasteiger partial charge is 0.374 e. The summed E-state index contributed by atoms with van der Waals surface area (Å²) in [5.41, 5.74) is 2.52. The van der Waals surface area contributed by atoms with Gasteiger partial charge in [-0.3, -0.25) is 8.37 Å². The lowest BCUT2D eigenvalue weighted by Gasteiger charge is -2.32. The zero-order chi connectivity index (χ0) is 28.1. The second-order valence-corrected chi connectivity index (χ2v) is 12.2. The zero-order valence-corrected chi connectivity index (χ0v) is 23.6. The quantitative estimate of drug-likeness (QED) is 0.221. The van der Waals surface area contributed by atoms with Crippen molar-refractivity contribution in [1.29, 1.82) is 0 Å². The number of rotatable bonds is 17. The number of hydrogen-bond donors (Lipinski definition) is 0. The molecule has 212 valence electrons. The monoisotopic (exact) mass is 578 g/mol. The Hall–Kier alpha value is -2.64. The van der Waals surface area contributed by atoms with Crippen molar-refractivity contribution in [3.8, 4) is 0 Å². The van der Waals surface area contributed by atoms with E-state index < -0.39 is 45.2 Å². The molecule has 0 aliphatic carbocycles. The van der Waals surface area contributed by atoms with Crippen LogP contribution in [0, 0.1) is 0 Å². The van der Waals surface area contributed by atoms with Gasteiger partial charge in [-0.15, -0.1) is 0 Å². The van der Waals surface area contributed by atoms with E-state index in [1.165, 1.54) is 0 Å². The van der Waals surface area contributed by atoms with Gasteiger partial charge in [0.25, 0.3) is 20.2 Å². The van der Waals surface area contributed by atoms with Gasteiger partial charge in [-0.2, -0.15) is 16.8 Å². The molecule has 11 heteroatoms. The van der Waals surface area contributed by atoms with E-state index in [2.05, 4.69) is 0 Å². The highest BCUT2D eigenvalue weighted by molar-refractivity contribution is 7.86. The van der Waals surface area contributed by atoms with Crippen LogP contribution in [0.4, 0.5) is 0 Å². The molecule has 0 amide bonds. The van der Waals surface area contributed by atoms with Gasteiger partial charge in [-0.1, -0.05) is 91.0 Å². The molecule has 9 nitrogen and oxygen atoms in total. The van der Waals surface area contributed by atoms with E-state index in [1.54, 1.807) is 0 Å². The molecule has 0 saturated heterocycles. The van der Waals surface area contributed by atoms with Crippen molar-refractivity contribution >= 4 is 20.2 Å². The van der Waals surface area contributed by atoms with Crippen molar-refractivity contribution in [3.05, 3.63) is 108 Å². The number of ether oxygens (including phenoxy) is 3. The number of hydrogen-bond acceptors (Lipinski definition) is 9. The molecule has 3 aromatic rings.